The van der Waals surface area contributed by atoms with Crippen molar-refractivity contribution in [3.8, 4) is 0 Å². The predicted molar refractivity (Wildman–Crippen MR) is 87.2 cm³/mol. The Morgan fingerprint density at radius 2 is 2.08 bits per heavy atom. The van der Waals surface area contributed by atoms with Gasteiger partial charge in [-0.2, -0.15) is 0 Å². The molecule has 0 aliphatic rings. The minimum absolute atomic E-state index is 0.0571. The van der Waals surface area contributed by atoms with Crippen molar-refractivity contribution in [1.82, 2.24) is 14.9 Å². The summed E-state index contributed by atoms with van der Waals surface area (Å²) in [5.41, 5.74) is 0.791. The van der Waals surface area contributed by atoms with E-state index in [9.17, 15) is 20.0 Å². The number of carbonyl (C=O) groups is 1. The maximum Gasteiger partial charge on any atom is 0.381 e. The Balaban J connectivity index is 1.89. The fraction of sp³-hybridized carbons (Fsp3) is 0.375. The lowest BCUT2D eigenvalue weighted by Gasteiger charge is -2.18. The van der Waals surface area contributed by atoms with Crippen molar-refractivity contribution in [3.05, 3.63) is 58.0 Å². The van der Waals surface area contributed by atoms with Crippen LogP contribution in [-0.4, -0.2) is 31.5 Å². The smallest absolute Gasteiger partial charge is 0.381 e. The van der Waals surface area contributed by atoms with Crippen LogP contribution in [0.15, 0.2) is 36.5 Å². The Morgan fingerprint density at radius 3 is 2.67 bits per heavy atom. The van der Waals surface area contributed by atoms with Gasteiger partial charge in [-0.15, -0.1) is 0 Å². The zero-order valence-corrected chi connectivity index (χ0v) is 13.5. The first-order chi connectivity index (χ1) is 11.4. The van der Waals surface area contributed by atoms with Gasteiger partial charge in [-0.05, 0) is 28.8 Å². The molecule has 2 atom stereocenters. The van der Waals surface area contributed by atoms with E-state index in [-0.39, 0.29) is 24.3 Å². The third kappa shape index (κ3) is 4.63. The third-order valence-corrected chi connectivity index (χ3v) is 3.63. The van der Waals surface area contributed by atoms with Crippen LogP contribution < -0.4 is 5.32 Å². The van der Waals surface area contributed by atoms with Crippen LogP contribution in [-0.2, 0) is 11.3 Å². The Morgan fingerprint density at radius 1 is 1.42 bits per heavy atom. The highest BCUT2D eigenvalue weighted by Gasteiger charge is 2.18. The molecule has 1 amide bonds. The van der Waals surface area contributed by atoms with Crippen LogP contribution in [0.5, 0.6) is 0 Å². The van der Waals surface area contributed by atoms with E-state index in [1.54, 1.807) is 13.8 Å². The first kappa shape index (κ1) is 17.6. The van der Waals surface area contributed by atoms with E-state index in [0.29, 0.717) is 12.2 Å². The minimum atomic E-state index is -0.669. The largest absolute Gasteiger partial charge is 0.388 e. The fourth-order valence-corrected chi connectivity index (χ4v) is 2.42. The number of amides is 1. The van der Waals surface area contributed by atoms with E-state index < -0.39 is 11.0 Å². The van der Waals surface area contributed by atoms with Crippen LogP contribution in [0.25, 0.3) is 0 Å². The summed E-state index contributed by atoms with van der Waals surface area (Å²) in [4.78, 5) is 25.9. The summed E-state index contributed by atoms with van der Waals surface area (Å²) in [5.74, 6) is -0.181. The van der Waals surface area contributed by atoms with E-state index in [2.05, 4.69) is 10.3 Å². The van der Waals surface area contributed by atoms with Gasteiger partial charge >= 0.3 is 5.82 Å². The zero-order chi connectivity index (χ0) is 17.7. The fourth-order valence-electron chi connectivity index (χ4n) is 2.42. The number of carbonyl (C=O) groups excluding carboxylic acids is 1. The lowest BCUT2D eigenvalue weighted by Crippen LogP contribution is -2.36. The third-order valence-electron chi connectivity index (χ3n) is 3.63. The molecular formula is C16H20N4O4. The normalized spacial score (nSPS) is 13.3. The van der Waals surface area contributed by atoms with Crippen LogP contribution >= 0.6 is 0 Å². The molecule has 2 N–H and O–H groups in total. The van der Waals surface area contributed by atoms with Crippen LogP contribution in [0.4, 0.5) is 5.82 Å². The summed E-state index contributed by atoms with van der Waals surface area (Å²) in [5, 5.41) is 23.6. The maximum absolute atomic E-state index is 12.1. The van der Waals surface area contributed by atoms with E-state index in [1.165, 1.54) is 10.8 Å². The van der Waals surface area contributed by atoms with Crippen molar-refractivity contribution < 1.29 is 14.8 Å². The molecule has 8 nitrogen and oxygen atoms in total. The highest BCUT2D eigenvalue weighted by atomic mass is 16.6. The number of aromatic nitrogens is 2. The van der Waals surface area contributed by atoms with Gasteiger partial charge in [-0.25, -0.2) is 0 Å². The molecule has 0 spiro atoms. The number of nitrogens with one attached hydrogen (secondary N) is 1. The number of rotatable bonds is 7. The lowest BCUT2D eigenvalue weighted by molar-refractivity contribution is -0.389. The number of hydrogen-bond donors (Lipinski definition) is 2. The molecule has 8 heteroatoms. The number of aryl methyl sites for hydroxylation is 1. The first-order valence-corrected chi connectivity index (χ1v) is 7.57. The molecule has 1 aromatic heterocycles. The summed E-state index contributed by atoms with van der Waals surface area (Å²) in [6.45, 7) is 3.34. The average molecular weight is 332 g/mol. The van der Waals surface area contributed by atoms with Crippen molar-refractivity contribution in [2.45, 2.75) is 39.0 Å². The summed E-state index contributed by atoms with van der Waals surface area (Å²) in [6.07, 6.45) is 0.939. The first-order valence-electron chi connectivity index (χ1n) is 7.57. The number of imidazole rings is 1. The summed E-state index contributed by atoms with van der Waals surface area (Å²) in [7, 11) is 0. The second kappa shape index (κ2) is 7.69. The summed E-state index contributed by atoms with van der Waals surface area (Å²) < 4.78 is 1.42. The lowest BCUT2D eigenvalue weighted by atomic mass is 10.0. The van der Waals surface area contributed by atoms with Gasteiger partial charge in [-0.1, -0.05) is 30.3 Å². The number of hydrogen-bond acceptors (Lipinski definition) is 5. The SMILES string of the molecule is Cc1nc([N+](=O)[O-])cn1CC(=O)NC(C)CC(O)c1ccccc1. The zero-order valence-electron chi connectivity index (χ0n) is 13.5. The van der Waals surface area contributed by atoms with Gasteiger partial charge in [0, 0.05) is 13.0 Å². The Bertz CT molecular complexity index is 714. The van der Waals surface area contributed by atoms with Crippen molar-refractivity contribution in [2.75, 3.05) is 0 Å². The van der Waals surface area contributed by atoms with Crippen LogP contribution in [0.2, 0.25) is 0 Å². The van der Waals surface area contributed by atoms with Gasteiger partial charge in [-0.3, -0.25) is 9.36 Å². The van der Waals surface area contributed by atoms with Gasteiger partial charge in [0.1, 0.15) is 12.7 Å². The minimum Gasteiger partial charge on any atom is -0.388 e. The number of nitrogens with zero attached hydrogens (tertiary/aromatic N) is 3. The molecule has 0 aliphatic heterocycles. The number of aliphatic hydroxyl groups excluding tert-OH is 1. The number of nitro groups is 1. The molecule has 0 saturated carbocycles. The van der Waals surface area contributed by atoms with Crippen LogP contribution in [0.1, 0.15) is 30.8 Å². The van der Waals surface area contributed by atoms with E-state index >= 15 is 0 Å². The molecule has 2 aromatic rings. The van der Waals surface area contributed by atoms with Gasteiger partial charge in [0.25, 0.3) is 0 Å². The molecule has 2 rings (SSSR count). The van der Waals surface area contributed by atoms with E-state index in [4.69, 9.17) is 0 Å². The number of benzene rings is 1. The molecule has 0 bridgehead atoms. The van der Waals surface area contributed by atoms with Gasteiger partial charge in [0.2, 0.25) is 11.7 Å². The molecule has 0 fully saturated rings. The molecule has 1 aromatic carbocycles. The van der Waals surface area contributed by atoms with Crippen molar-refractivity contribution in [1.29, 1.82) is 0 Å². The van der Waals surface area contributed by atoms with E-state index in [1.807, 2.05) is 30.3 Å². The topological polar surface area (TPSA) is 110 Å². The van der Waals surface area contributed by atoms with Gasteiger partial charge < -0.3 is 20.5 Å². The standard InChI is InChI=1S/C16H20N4O4/c1-11(8-14(21)13-6-4-3-5-7-13)17-16(22)10-19-9-15(20(23)24)18-12(19)2/h3-7,9,11,14,21H,8,10H2,1-2H3,(H,17,22). The number of aliphatic hydroxyl groups is 1. The second-order valence-electron chi connectivity index (χ2n) is 5.66. The Kier molecular flexibility index (Phi) is 5.64. The molecule has 0 aliphatic carbocycles. The average Bonchev–Trinajstić information content (AvgIpc) is 2.89. The molecular weight excluding hydrogens is 312 g/mol. The summed E-state index contributed by atoms with van der Waals surface area (Å²) in [6, 6.07) is 8.97. The molecule has 24 heavy (non-hydrogen) atoms. The monoisotopic (exact) mass is 332 g/mol. The molecule has 0 radical (unpaired) electrons. The highest BCUT2D eigenvalue weighted by Crippen LogP contribution is 2.17. The quantitative estimate of drug-likeness (QED) is 0.592. The highest BCUT2D eigenvalue weighted by molar-refractivity contribution is 5.76. The van der Waals surface area contributed by atoms with Crippen molar-refractivity contribution in [3.63, 3.8) is 0 Å². The molecule has 128 valence electrons. The van der Waals surface area contributed by atoms with Crippen LogP contribution in [0, 0.1) is 17.0 Å². The predicted octanol–water partition coefficient (Wildman–Crippen LogP) is 1.73. The maximum atomic E-state index is 12.1. The van der Waals surface area contributed by atoms with Gasteiger partial charge in [0.05, 0.1) is 6.10 Å². The summed E-state index contributed by atoms with van der Waals surface area (Å²) >= 11 is 0. The van der Waals surface area contributed by atoms with Crippen molar-refractivity contribution >= 4 is 11.7 Å². The van der Waals surface area contributed by atoms with Crippen LogP contribution in [0.3, 0.4) is 0 Å². The molecule has 2 unspecified atom stereocenters. The Labute approximate surface area is 139 Å². The second-order valence-corrected chi connectivity index (χ2v) is 5.66. The molecule has 1 heterocycles. The van der Waals surface area contributed by atoms with Crippen molar-refractivity contribution in [2.24, 2.45) is 0 Å². The Hall–Kier alpha value is -2.74. The van der Waals surface area contributed by atoms with Gasteiger partial charge in [0.15, 0.2) is 0 Å². The van der Waals surface area contributed by atoms with E-state index in [0.717, 1.165) is 5.56 Å². The molecule has 0 saturated heterocycles.